The number of ether oxygens (including phenoxy) is 1. The molecule has 0 radical (unpaired) electrons. The van der Waals surface area contributed by atoms with E-state index < -0.39 is 15.9 Å². The number of amides is 1. The molecule has 7 nitrogen and oxygen atoms in total. The van der Waals surface area contributed by atoms with Crippen molar-refractivity contribution >= 4 is 38.9 Å². The Kier molecular flexibility index (Phi) is 9.36. The van der Waals surface area contributed by atoms with E-state index in [1.807, 2.05) is 36.4 Å². The molecule has 0 fully saturated rings. The fourth-order valence-electron chi connectivity index (χ4n) is 3.09. The number of carbonyl (C=O) groups excluding carboxylic acids is 1. The van der Waals surface area contributed by atoms with Crippen molar-refractivity contribution in [3.8, 4) is 5.75 Å². The van der Waals surface area contributed by atoms with Gasteiger partial charge in [-0.25, -0.2) is 13.1 Å². The zero-order chi connectivity index (χ0) is 25.3. The summed E-state index contributed by atoms with van der Waals surface area (Å²) in [7, 11) is -3.67. The van der Waals surface area contributed by atoms with E-state index in [2.05, 4.69) is 29.2 Å². The topological polar surface area (TPSA) is 96.5 Å². The quantitative estimate of drug-likeness (QED) is 0.341. The number of thiocarbonyl (C=S) groups is 1. The van der Waals surface area contributed by atoms with E-state index in [-0.39, 0.29) is 16.6 Å². The van der Waals surface area contributed by atoms with Crippen LogP contribution in [0.2, 0.25) is 0 Å². The molecular weight excluding hydrogens is 482 g/mol. The van der Waals surface area contributed by atoms with Crippen LogP contribution in [0.4, 0.5) is 5.69 Å². The summed E-state index contributed by atoms with van der Waals surface area (Å²) in [6.45, 7) is 4.92. The second-order valence-corrected chi connectivity index (χ2v) is 10.4. The summed E-state index contributed by atoms with van der Waals surface area (Å²) in [4.78, 5) is 12.9. The van der Waals surface area contributed by atoms with Gasteiger partial charge in [-0.15, -0.1) is 0 Å². The Bertz CT molecular complexity index is 1250. The van der Waals surface area contributed by atoms with Crippen molar-refractivity contribution in [1.82, 2.24) is 10.0 Å². The van der Waals surface area contributed by atoms with Gasteiger partial charge in [-0.3, -0.25) is 10.1 Å². The van der Waals surface area contributed by atoms with Gasteiger partial charge in [0, 0.05) is 12.2 Å². The van der Waals surface area contributed by atoms with Crippen LogP contribution in [-0.4, -0.2) is 26.0 Å². The first-order chi connectivity index (χ1) is 16.7. The number of hydrogen-bond donors (Lipinski definition) is 3. The van der Waals surface area contributed by atoms with E-state index >= 15 is 0 Å². The van der Waals surface area contributed by atoms with Crippen LogP contribution in [0.15, 0.2) is 83.8 Å². The Balaban J connectivity index is 1.56. The molecular formula is C26H29N3O4S2. The molecule has 9 heteroatoms. The van der Waals surface area contributed by atoms with Gasteiger partial charge in [0.15, 0.2) is 5.11 Å². The highest BCUT2D eigenvalue weighted by atomic mass is 32.2. The molecule has 0 bridgehead atoms. The second-order valence-electron chi connectivity index (χ2n) is 8.27. The summed E-state index contributed by atoms with van der Waals surface area (Å²) >= 11 is 5.26. The Labute approximate surface area is 212 Å². The third kappa shape index (κ3) is 8.17. The lowest BCUT2D eigenvalue weighted by atomic mass is 10.1. The predicted molar refractivity (Wildman–Crippen MR) is 142 cm³/mol. The molecule has 0 atom stereocenters. The van der Waals surface area contributed by atoms with Crippen LogP contribution < -0.4 is 20.1 Å². The molecule has 0 aliphatic carbocycles. The summed E-state index contributed by atoms with van der Waals surface area (Å²) in [5.41, 5.74) is 1.78. The monoisotopic (exact) mass is 511 g/mol. The zero-order valence-electron chi connectivity index (χ0n) is 19.7. The number of nitrogens with one attached hydrogen (secondary N) is 3. The minimum atomic E-state index is -3.67. The van der Waals surface area contributed by atoms with Gasteiger partial charge < -0.3 is 10.1 Å². The number of anilines is 1. The van der Waals surface area contributed by atoms with Crippen molar-refractivity contribution in [3.05, 3.63) is 90.0 Å². The molecule has 0 saturated carbocycles. The van der Waals surface area contributed by atoms with Gasteiger partial charge >= 0.3 is 0 Å². The van der Waals surface area contributed by atoms with Crippen LogP contribution in [0.1, 0.15) is 36.2 Å². The van der Waals surface area contributed by atoms with Crippen molar-refractivity contribution in [2.45, 2.75) is 31.7 Å². The first-order valence-corrected chi connectivity index (χ1v) is 13.1. The molecule has 184 valence electrons. The van der Waals surface area contributed by atoms with Crippen molar-refractivity contribution in [3.63, 3.8) is 0 Å². The van der Waals surface area contributed by atoms with Crippen LogP contribution in [0.25, 0.3) is 0 Å². The smallest absolute Gasteiger partial charge is 0.261 e. The van der Waals surface area contributed by atoms with E-state index in [0.717, 1.165) is 12.0 Å². The number of benzene rings is 3. The maximum absolute atomic E-state index is 12.7. The molecule has 3 aromatic rings. The zero-order valence-corrected chi connectivity index (χ0v) is 21.3. The maximum Gasteiger partial charge on any atom is 0.261 e. The Hall–Kier alpha value is -3.27. The number of sulfonamides is 1. The SMILES string of the molecule is CC(C)CCOc1ccccc1C(=O)NC(=S)Nc1ccc(S(=O)(=O)NCc2ccccc2)cc1. The summed E-state index contributed by atoms with van der Waals surface area (Å²) < 4.78 is 33.5. The number of para-hydroxylation sites is 1. The van der Waals surface area contributed by atoms with Crippen LogP contribution >= 0.6 is 12.2 Å². The first-order valence-electron chi connectivity index (χ1n) is 11.2. The lowest BCUT2D eigenvalue weighted by Crippen LogP contribution is -2.34. The predicted octanol–water partition coefficient (Wildman–Crippen LogP) is 4.72. The largest absolute Gasteiger partial charge is 0.493 e. The molecule has 3 rings (SSSR count). The van der Waals surface area contributed by atoms with Gasteiger partial charge in [0.2, 0.25) is 10.0 Å². The van der Waals surface area contributed by atoms with Crippen LogP contribution in [0.5, 0.6) is 5.75 Å². The minimum Gasteiger partial charge on any atom is -0.493 e. The van der Waals surface area contributed by atoms with Gasteiger partial charge in [-0.1, -0.05) is 56.3 Å². The van der Waals surface area contributed by atoms with E-state index in [0.29, 0.717) is 29.5 Å². The van der Waals surface area contributed by atoms with Crippen molar-refractivity contribution in [1.29, 1.82) is 0 Å². The Morgan fingerprint density at radius 2 is 1.60 bits per heavy atom. The Morgan fingerprint density at radius 1 is 0.943 bits per heavy atom. The number of hydrogen-bond acceptors (Lipinski definition) is 5. The molecule has 1 amide bonds. The Morgan fingerprint density at radius 3 is 2.29 bits per heavy atom. The average molecular weight is 512 g/mol. The first kappa shape index (κ1) is 26.3. The highest BCUT2D eigenvalue weighted by molar-refractivity contribution is 7.89. The van der Waals surface area contributed by atoms with E-state index in [1.54, 1.807) is 30.3 Å². The summed E-state index contributed by atoms with van der Waals surface area (Å²) in [6.07, 6.45) is 0.878. The minimum absolute atomic E-state index is 0.0878. The molecule has 3 aromatic carbocycles. The van der Waals surface area contributed by atoms with Gasteiger partial charge in [0.05, 0.1) is 17.1 Å². The van der Waals surface area contributed by atoms with Gasteiger partial charge in [-0.2, -0.15) is 0 Å². The third-order valence-electron chi connectivity index (χ3n) is 5.04. The normalized spacial score (nSPS) is 11.2. The lowest BCUT2D eigenvalue weighted by molar-refractivity contribution is 0.0973. The lowest BCUT2D eigenvalue weighted by Gasteiger charge is -2.14. The van der Waals surface area contributed by atoms with E-state index in [4.69, 9.17) is 17.0 Å². The highest BCUT2D eigenvalue weighted by Crippen LogP contribution is 2.19. The number of carbonyl (C=O) groups is 1. The molecule has 0 unspecified atom stereocenters. The van der Waals surface area contributed by atoms with Gasteiger partial charge in [-0.05, 0) is 66.5 Å². The highest BCUT2D eigenvalue weighted by Gasteiger charge is 2.15. The molecule has 0 heterocycles. The van der Waals surface area contributed by atoms with Crippen LogP contribution in [0.3, 0.4) is 0 Å². The van der Waals surface area contributed by atoms with E-state index in [9.17, 15) is 13.2 Å². The third-order valence-corrected chi connectivity index (χ3v) is 6.66. The standard InChI is InChI=1S/C26H29N3O4S2/c1-19(2)16-17-33-24-11-7-6-10-23(24)25(30)29-26(34)28-21-12-14-22(15-13-21)35(31,32)27-18-20-8-4-3-5-9-20/h3-15,19,27H,16-18H2,1-2H3,(H2,28,29,30,34). The van der Waals surface area contributed by atoms with E-state index in [1.165, 1.54) is 12.1 Å². The summed E-state index contributed by atoms with van der Waals surface area (Å²) in [5.74, 6) is 0.590. The van der Waals surface area contributed by atoms with Gasteiger partial charge in [0.1, 0.15) is 5.75 Å². The molecule has 0 aliphatic rings. The van der Waals surface area contributed by atoms with Gasteiger partial charge in [0.25, 0.3) is 5.91 Å². The van der Waals surface area contributed by atoms with Crippen molar-refractivity contribution in [2.24, 2.45) is 5.92 Å². The van der Waals surface area contributed by atoms with Crippen LogP contribution in [-0.2, 0) is 16.6 Å². The summed E-state index contributed by atoms with van der Waals surface area (Å²) in [6, 6.07) is 22.4. The molecule has 0 aliphatic heterocycles. The molecule has 35 heavy (non-hydrogen) atoms. The van der Waals surface area contributed by atoms with Crippen LogP contribution in [0, 0.1) is 5.92 Å². The fraction of sp³-hybridized carbons (Fsp3) is 0.231. The fourth-order valence-corrected chi connectivity index (χ4v) is 4.32. The molecule has 0 saturated heterocycles. The van der Waals surface area contributed by atoms with Crippen molar-refractivity contribution in [2.75, 3.05) is 11.9 Å². The molecule has 3 N–H and O–H groups in total. The second kappa shape index (κ2) is 12.4. The maximum atomic E-state index is 12.7. The summed E-state index contributed by atoms with van der Waals surface area (Å²) in [5, 5.41) is 5.63. The number of rotatable bonds is 10. The molecule has 0 aromatic heterocycles. The van der Waals surface area contributed by atoms with Crippen molar-refractivity contribution < 1.29 is 17.9 Å². The average Bonchev–Trinajstić information content (AvgIpc) is 2.84. The molecule has 0 spiro atoms.